The summed E-state index contributed by atoms with van der Waals surface area (Å²) in [5, 5.41) is 18.2. The van der Waals surface area contributed by atoms with E-state index in [2.05, 4.69) is 0 Å². The van der Waals surface area contributed by atoms with E-state index in [1.54, 1.807) is 24.3 Å². The molecule has 2 N–H and O–H groups in total. The molecule has 126 valence electrons. The van der Waals surface area contributed by atoms with Gasteiger partial charge < -0.3 is 19.7 Å². The Kier molecular flexibility index (Phi) is 5.36. The Morgan fingerprint density at radius 3 is 2.25 bits per heavy atom. The Morgan fingerprint density at radius 2 is 1.71 bits per heavy atom. The van der Waals surface area contributed by atoms with Crippen molar-refractivity contribution in [3.8, 4) is 11.5 Å². The third kappa shape index (κ3) is 4.01. The summed E-state index contributed by atoms with van der Waals surface area (Å²) in [5.41, 5.74) is 0.609. The molecule has 7 heteroatoms. The van der Waals surface area contributed by atoms with Gasteiger partial charge >= 0.3 is 11.9 Å². The highest BCUT2D eigenvalue weighted by atomic mass is 19.1. The molecule has 0 aliphatic rings. The van der Waals surface area contributed by atoms with E-state index in [0.29, 0.717) is 5.75 Å². The van der Waals surface area contributed by atoms with Gasteiger partial charge in [0.25, 0.3) is 0 Å². The van der Waals surface area contributed by atoms with Gasteiger partial charge in [-0.05, 0) is 23.8 Å². The number of benzene rings is 2. The molecule has 0 bridgehead atoms. The van der Waals surface area contributed by atoms with Crippen LogP contribution in [0.4, 0.5) is 4.39 Å². The summed E-state index contributed by atoms with van der Waals surface area (Å²) >= 11 is 0. The summed E-state index contributed by atoms with van der Waals surface area (Å²) in [4.78, 5) is 22.4. The molecule has 0 saturated carbocycles. The molecule has 0 saturated heterocycles. The minimum atomic E-state index is -1.84. The topological polar surface area (TPSA) is 93.1 Å². The second-order valence-corrected chi connectivity index (χ2v) is 4.93. The monoisotopic (exact) mass is 334 g/mol. The molecule has 0 heterocycles. The summed E-state index contributed by atoms with van der Waals surface area (Å²) < 4.78 is 23.9. The van der Waals surface area contributed by atoms with Crippen molar-refractivity contribution in [3.63, 3.8) is 0 Å². The largest absolute Gasteiger partial charge is 0.497 e. The van der Waals surface area contributed by atoms with Gasteiger partial charge in [0.2, 0.25) is 0 Å². The minimum absolute atomic E-state index is 0.0202. The van der Waals surface area contributed by atoms with Crippen LogP contribution in [0.15, 0.2) is 42.5 Å². The van der Waals surface area contributed by atoms with Gasteiger partial charge in [-0.1, -0.05) is 18.2 Å². The van der Waals surface area contributed by atoms with Gasteiger partial charge in [0.05, 0.1) is 7.11 Å². The molecule has 2 rings (SSSR count). The van der Waals surface area contributed by atoms with Crippen molar-refractivity contribution in [1.29, 1.82) is 0 Å². The summed E-state index contributed by atoms with van der Waals surface area (Å²) in [5.74, 6) is -5.07. The molecule has 2 aromatic carbocycles. The lowest BCUT2D eigenvalue weighted by atomic mass is 9.98. The molecule has 24 heavy (non-hydrogen) atoms. The van der Waals surface area contributed by atoms with Crippen LogP contribution in [-0.4, -0.2) is 29.3 Å². The van der Waals surface area contributed by atoms with Crippen molar-refractivity contribution in [1.82, 2.24) is 0 Å². The van der Waals surface area contributed by atoms with Crippen LogP contribution in [0.2, 0.25) is 0 Å². The normalized spacial score (nSPS) is 10.5. The van der Waals surface area contributed by atoms with Crippen LogP contribution >= 0.6 is 0 Å². The van der Waals surface area contributed by atoms with Crippen LogP contribution in [-0.2, 0) is 16.2 Å². The highest BCUT2D eigenvalue weighted by Gasteiger charge is 2.31. The number of methoxy groups -OCH3 is 1. The van der Waals surface area contributed by atoms with Crippen molar-refractivity contribution < 1.29 is 33.7 Å². The number of hydrogen-bond acceptors (Lipinski definition) is 4. The van der Waals surface area contributed by atoms with E-state index >= 15 is 0 Å². The fraction of sp³-hybridized carbons (Fsp3) is 0.176. The molecule has 0 amide bonds. The number of aliphatic carboxylic acids is 2. The van der Waals surface area contributed by atoms with Gasteiger partial charge in [0, 0.05) is 11.6 Å². The third-order valence-electron chi connectivity index (χ3n) is 3.33. The molecule has 0 spiro atoms. The van der Waals surface area contributed by atoms with E-state index in [-0.39, 0.29) is 17.9 Å². The minimum Gasteiger partial charge on any atom is -0.497 e. The Bertz CT molecular complexity index is 727. The smallest absolute Gasteiger partial charge is 0.322 e. The zero-order valence-electron chi connectivity index (χ0n) is 12.7. The second kappa shape index (κ2) is 7.45. The van der Waals surface area contributed by atoms with Crippen LogP contribution in [0.25, 0.3) is 0 Å². The van der Waals surface area contributed by atoms with Gasteiger partial charge in [0.15, 0.2) is 5.92 Å². The maximum absolute atomic E-state index is 13.4. The number of hydrogen-bond donors (Lipinski definition) is 2. The lowest BCUT2D eigenvalue weighted by molar-refractivity contribution is -0.150. The van der Waals surface area contributed by atoms with Crippen LogP contribution in [0.1, 0.15) is 17.0 Å². The molecule has 0 aromatic heterocycles. The molecule has 0 unspecified atom stereocenters. The molecular weight excluding hydrogens is 319 g/mol. The quantitative estimate of drug-likeness (QED) is 0.756. The Hall–Kier alpha value is -3.09. The van der Waals surface area contributed by atoms with Gasteiger partial charge in [0.1, 0.15) is 23.9 Å². The van der Waals surface area contributed by atoms with E-state index in [9.17, 15) is 14.0 Å². The first-order valence-corrected chi connectivity index (χ1v) is 6.93. The molecule has 6 nitrogen and oxygen atoms in total. The second-order valence-electron chi connectivity index (χ2n) is 4.93. The predicted octanol–water partition coefficient (Wildman–Crippen LogP) is 2.67. The molecular formula is C17H15FO6. The summed E-state index contributed by atoms with van der Waals surface area (Å²) in [6.07, 6.45) is 0. The number of carboxylic acid groups (broad SMARTS) is 2. The van der Waals surface area contributed by atoms with E-state index in [0.717, 1.165) is 23.8 Å². The number of carboxylic acids is 2. The molecule has 0 aliphatic heterocycles. The maximum atomic E-state index is 13.4. The van der Waals surface area contributed by atoms with Crippen molar-refractivity contribution in [3.05, 3.63) is 59.4 Å². The maximum Gasteiger partial charge on any atom is 0.322 e. The first-order valence-electron chi connectivity index (χ1n) is 6.93. The van der Waals surface area contributed by atoms with Crippen molar-refractivity contribution in [2.24, 2.45) is 0 Å². The molecule has 2 aromatic rings. The van der Waals surface area contributed by atoms with Crippen molar-refractivity contribution in [2.75, 3.05) is 7.11 Å². The SMILES string of the molecule is COc1ccc(COc2cc(F)ccc2C(C(=O)O)C(=O)O)cc1. The Morgan fingerprint density at radius 1 is 1.08 bits per heavy atom. The number of ether oxygens (including phenoxy) is 2. The van der Waals surface area contributed by atoms with Gasteiger partial charge in [-0.25, -0.2) is 4.39 Å². The Balaban J connectivity index is 2.26. The highest BCUT2D eigenvalue weighted by molar-refractivity contribution is 5.99. The lowest BCUT2D eigenvalue weighted by Crippen LogP contribution is -2.22. The van der Waals surface area contributed by atoms with Gasteiger partial charge in [-0.15, -0.1) is 0 Å². The zero-order valence-corrected chi connectivity index (χ0v) is 12.7. The fourth-order valence-electron chi connectivity index (χ4n) is 2.13. The van der Waals surface area contributed by atoms with Crippen LogP contribution in [0.5, 0.6) is 11.5 Å². The van der Waals surface area contributed by atoms with E-state index in [1.165, 1.54) is 7.11 Å². The number of carbonyl (C=O) groups is 2. The van der Waals surface area contributed by atoms with Crippen LogP contribution in [0, 0.1) is 5.82 Å². The summed E-state index contributed by atoms with van der Waals surface area (Å²) in [6, 6.07) is 9.94. The molecule has 0 fully saturated rings. The summed E-state index contributed by atoms with van der Waals surface area (Å²) in [6.45, 7) is 0.0202. The fourth-order valence-corrected chi connectivity index (χ4v) is 2.13. The van der Waals surface area contributed by atoms with E-state index < -0.39 is 23.7 Å². The molecule has 0 atom stereocenters. The average Bonchev–Trinajstić information content (AvgIpc) is 2.54. The zero-order chi connectivity index (χ0) is 17.7. The van der Waals surface area contributed by atoms with Gasteiger partial charge in [-0.2, -0.15) is 0 Å². The van der Waals surface area contributed by atoms with Gasteiger partial charge in [-0.3, -0.25) is 9.59 Å². The third-order valence-corrected chi connectivity index (χ3v) is 3.33. The van der Waals surface area contributed by atoms with Crippen LogP contribution < -0.4 is 9.47 Å². The standard InChI is InChI=1S/C17H15FO6/c1-23-12-5-2-10(3-6-12)9-24-14-8-11(18)4-7-13(14)15(16(19)20)17(21)22/h2-8,15H,9H2,1H3,(H,19,20)(H,21,22). The molecule has 0 radical (unpaired) electrons. The summed E-state index contributed by atoms with van der Waals surface area (Å²) in [7, 11) is 1.53. The van der Waals surface area contributed by atoms with Crippen molar-refractivity contribution in [2.45, 2.75) is 12.5 Å². The first kappa shape index (κ1) is 17.3. The highest BCUT2D eigenvalue weighted by Crippen LogP contribution is 2.29. The average molecular weight is 334 g/mol. The van der Waals surface area contributed by atoms with Crippen molar-refractivity contribution >= 4 is 11.9 Å². The lowest BCUT2D eigenvalue weighted by Gasteiger charge is -2.15. The Labute approximate surface area is 137 Å². The molecule has 0 aliphatic carbocycles. The van der Waals surface area contributed by atoms with E-state index in [4.69, 9.17) is 19.7 Å². The number of halogens is 1. The first-order chi connectivity index (χ1) is 11.4. The van der Waals surface area contributed by atoms with Crippen LogP contribution in [0.3, 0.4) is 0 Å². The van der Waals surface area contributed by atoms with E-state index in [1.807, 2.05) is 0 Å². The number of rotatable bonds is 7. The predicted molar refractivity (Wildman–Crippen MR) is 81.7 cm³/mol.